The van der Waals surface area contributed by atoms with Crippen LogP contribution in [0, 0.1) is 0 Å². The van der Waals surface area contributed by atoms with Gasteiger partial charge in [0.25, 0.3) is 5.91 Å². The van der Waals surface area contributed by atoms with Crippen molar-refractivity contribution in [3.8, 4) is 0 Å². The number of rotatable bonds is 6. The van der Waals surface area contributed by atoms with Crippen molar-refractivity contribution in [2.45, 2.75) is 6.54 Å². The minimum absolute atomic E-state index is 0.0269. The molecule has 0 aliphatic carbocycles. The molecule has 0 radical (unpaired) electrons. The van der Waals surface area contributed by atoms with Crippen LogP contribution in [0.5, 0.6) is 0 Å². The van der Waals surface area contributed by atoms with Crippen LogP contribution < -0.4 is 21.7 Å². The van der Waals surface area contributed by atoms with Gasteiger partial charge < -0.3 is 31.5 Å². The number of nitrogens with one attached hydrogen (secondary N) is 1. The first-order valence-corrected chi connectivity index (χ1v) is 10.1. The highest BCUT2D eigenvalue weighted by atomic mass is 31.2. The molecule has 3 aromatic rings. The van der Waals surface area contributed by atoms with Gasteiger partial charge in [-0.25, -0.2) is 9.97 Å². The molecule has 0 saturated heterocycles. The molecule has 7 N–H and O–H groups in total. The average molecular weight is 418 g/mol. The van der Waals surface area contributed by atoms with Crippen LogP contribution in [0.2, 0.25) is 0 Å². The predicted octanol–water partition coefficient (Wildman–Crippen LogP) is 0.0856. The van der Waals surface area contributed by atoms with Crippen molar-refractivity contribution < 1.29 is 19.1 Å². The zero-order valence-electron chi connectivity index (χ0n) is 15.3. The number of anilines is 3. The number of carbonyl (C=O) groups excluding carboxylic acids is 1. The van der Waals surface area contributed by atoms with Crippen LogP contribution in [-0.4, -0.2) is 49.0 Å². The van der Waals surface area contributed by atoms with Crippen molar-refractivity contribution >= 4 is 42.1 Å². The molecule has 1 aromatic carbocycles. The maximum atomic E-state index is 11.9. The highest BCUT2D eigenvalue weighted by Gasteiger charge is 2.15. The molecule has 0 saturated carbocycles. The number of amides is 1. The summed E-state index contributed by atoms with van der Waals surface area (Å²) in [5.74, 6) is -0.396. The molecule has 0 spiro atoms. The Labute approximate surface area is 165 Å². The molecule has 29 heavy (non-hydrogen) atoms. The van der Waals surface area contributed by atoms with Gasteiger partial charge in [0.1, 0.15) is 6.29 Å². The SMILES string of the molecule is CN(Cc1cnc2nc(N)nc(N)c2n1)c1ccc(C(=O)NCP(=O)(O)O)cc1. The first-order valence-electron chi connectivity index (χ1n) is 8.31. The molecule has 0 aliphatic rings. The van der Waals surface area contributed by atoms with E-state index in [0.717, 1.165) is 5.69 Å². The van der Waals surface area contributed by atoms with E-state index in [4.69, 9.17) is 21.3 Å². The van der Waals surface area contributed by atoms with Crippen LogP contribution in [-0.2, 0) is 11.1 Å². The standard InChI is InChI=1S/C16H19N8O4P/c1-24(7-10-6-19-14-12(21-10)13(17)22-16(18)23-14)11-4-2-9(3-5-11)15(25)20-8-29(26,27)28/h2-6H,7-8H2,1H3,(H,20,25)(H2,26,27,28)(H4,17,18,19,22,23). The van der Waals surface area contributed by atoms with Gasteiger partial charge in [0.05, 0.1) is 18.4 Å². The number of carbonyl (C=O) groups is 1. The second-order valence-corrected chi connectivity index (χ2v) is 7.88. The summed E-state index contributed by atoms with van der Waals surface area (Å²) in [5.41, 5.74) is 13.8. The van der Waals surface area contributed by atoms with Crippen molar-refractivity contribution in [2.75, 3.05) is 29.7 Å². The second-order valence-electron chi connectivity index (χ2n) is 6.23. The fourth-order valence-electron chi connectivity index (χ4n) is 2.54. The van der Waals surface area contributed by atoms with Gasteiger partial charge >= 0.3 is 7.60 Å². The van der Waals surface area contributed by atoms with Crippen LogP contribution in [0.25, 0.3) is 11.2 Å². The number of hydrogen-bond acceptors (Lipinski definition) is 9. The van der Waals surface area contributed by atoms with Crippen LogP contribution in [0.15, 0.2) is 30.5 Å². The summed E-state index contributed by atoms with van der Waals surface area (Å²) in [5, 5.41) is 2.19. The van der Waals surface area contributed by atoms with Crippen LogP contribution >= 0.6 is 7.60 Å². The molecule has 0 bridgehead atoms. The van der Waals surface area contributed by atoms with Gasteiger partial charge in [-0.05, 0) is 24.3 Å². The van der Waals surface area contributed by atoms with Crippen LogP contribution in [0.4, 0.5) is 17.5 Å². The summed E-state index contributed by atoms with van der Waals surface area (Å²) in [7, 11) is -2.48. The van der Waals surface area contributed by atoms with Crippen LogP contribution in [0.1, 0.15) is 16.1 Å². The summed E-state index contributed by atoms with van der Waals surface area (Å²) in [4.78, 5) is 47.9. The number of fused-ring (bicyclic) bond motifs is 1. The lowest BCUT2D eigenvalue weighted by Crippen LogP contribution is -2.24. The number of aromatic nitrogens is 4. The zero-order valence-corrected chi connectivity index (χ0v) is 16.2. The Kier molecular flexibility index (Phi) is 5.59. The summed E-state index contributed by atoms with van der Waals surface area (Å²) in [6.45, 7) is 0.399. The Hall–Kier alpha value is -3.34. The van der Waals surface area contributed by atoms with E-state index in [9.17, 15) is 9.36 Å². The smallest absolute Gasteiger partial charge is 0.344 e. The first kappa shape index (κ1) is 20.4. The Balaban J connectivity index is 1.71. The molecule has 12 nitrogen and oxygen atoms in total. The zero-order chi connectivity index (χ0) is 21.2. The molecular weight excluding hydrogens is 399 g/mol. The summed E-state index contributed by atoms with van der Waals surface area (Å²) < 4.78 is 10.8. The van der Waals surface area contributed by atoms with Crippen LogP contribution in [0.3, 0.4) is 0 Å². The van der Waals surface area contributed by atoms with Crippen molar-refractivity contribution in [3.63, 3.8) is 0 Å². The Bertz CT molecular complexity index is 1100. The average Bonchev–Trinajstić information content (AvgIpc) is 2.66. The molecule has 2 heterocycles. The van der Waals surface area contributed by atoms with E-state index in [1.54, 1.807) is 30.5 Å². The number of hydrogen-bond donors (Lipinski definition) is 5. The lowest BCUT2D eigenvalue weighted by Gasteiger charge is -2.19. The molecule has 0 unspecified atom stereocenters. The fourth-order valence-corrected chi connectivity index (χ4v) is 2.89. The fraction of sp³-hybridized carbons (Fsp3) is 0.188. The molecule has 13 heteroatoms. The molecule has 0 aliphatic heterocycles. The first-order chi connectivity index (χ1) is 13.6. The normalized spacial score (nSPS) is 11.4. The third kappa shape index (κ3) is 5.13. The summed E-state index contributed by atoms with van der Waals surface area (Å²) in [6, 6.07) is 6.53. The van der Waals surface area contributed by atoms with Gasteiger partial charge in [0, 0.05) is 18.3 Å². The van der Waals surface area contributed by atoms with Gasteiger partial charge in [0.15, 0.2) is 17.0 Å². The largest absolute Gasteiger partial charge is 0.382 e. The number of nitrogen functional groups attached to an aromatic ring is 2. The summed E-state index contributed by atoms with van der Waals surface area (Å²) >= 11 is 0. The number of benzene rings is 1. The second kappa shape index (κ2) is 7.95. The van der Waals surface area contributed by atoms with E-state index in [-0.39, 0.29) is 17.3 Å². The quantitative estimate of drug-likeness (QED) is 0.340. The van der Waals surface area contributed by atoms with E-state index < -0.39 is 19.8 Å². The van der Waals surface area contributed by atoms with E-state index in [1.165, 1.54) is 0 Å². The van der Waals surface area contributed by atoms with Crippen molar-refractivity contribution in [2.24, 2.45) is 0 Å². The van der Waals surface area contributed by atoms with Crippen molar-refractivity contribution in [3.05, 3.63) is 41.7 Å². The van der Waals surface area contributed by atoms with Gasteiger partial charge in [0.2, 0.25) is 5.95 Å². The number of nitrogens with two attached hydrogens (primary N) is 2. The summed E-state index contributed by atoms with van der Waals surface area (Å²) in [6.07, 6.45) is 0.848. The monoisotopic (exact) mass is 418 g/mol. The lowest BCUT2D eigenvalue weighted by molar-refractivity contribution is 0.0957. The molecule has 0 fully saturated rings. The maximum absolute atomic E-state index is 11.9. The minimum atomic E-state index is -4.31. The molecule has 1 amide bonds. The van der Waals surface area contributed by atoms with Crippen molar-refractivity contribution in [1.82, 2.24) is 25.3 Å². The maximum Gasteiger partial charge on any atom is 0.344 e. The van der Waals surface area contributed by atoms with Gasteiger partial charge in [-0.15, -0.1) is 0 Å². The minimum Gasteiger partial charge on any atom is -0.382 e. The van der Waals surface area contributed by atoms with E-state index >= 15 is 0 Å². The molecule has 2 aromatic heterocycles. The van der Waals surface area contributed by atoms with Crippen molar-refractivity contribution in [1.29, 1.82) is 0 Å². The lowest BCUT2D eigenvalue weighted by atomic mass is 10.2. The highest BCUT2D eigenvalue weighted by molar-refractivity contribution is 7.51. The Morgan fingerprint density at radius 3 is 2.52 bits per heavy atom. The van der Waals surface area contributed by atoms with Gasteiger partial charge in [-0.2, -0.15) is 9.97 Å². The third-order valence-corrected chi connectivity index (χ3v) is 4.49. The highest BCUT2D eigenvalue weighted by Crippen LogP contribution is 2.32. The molecular formula is C16H19N8O4P. The van der Waals surface area contributed by atoms with E-state index in [1.807, 2.05) is 11.9 Å². The van der Waals surface area contributed by atoms with E-state index in [2.05, 4.69) is 25.3 Å². The Morgan fingerprint density at radius 1 is 1.17 bits per heavy atom. The number of nitrogens with zero attached hydrogens (tertiary/aromatic N) is 5. The van der Waals surface area contributed by atoms with E-state index in [0.29, 0.717) is 23.4 Å². The topological polar surface area (TPSA) is 193 Å². The van der Waals surface area contributed by atoms with Gasteiger partial charge in [-0.1, -0.05) is 0 Å². The Morgan fingerprint density at radius 2 is 1.86 bits per heavy atom. The molecule has 0 atom stereocenters. The predicted molar refractivity (Wildman–Crippen MR) is 107 cm³/mol. The molecule has 3 rings (SSSR count). The third-order valence-electron chi connectivity index (χ3n) is 3.92. The molecule has 152 valence electrons. The van der Waals surface area contributed by atoms with Gasteiger partial charge in [-0.3, -0.25) is 9.36 Å².